The van der Waals surface area contributed by atoms with Crippen LogP contribution >= 0.6 is 0 Å². The smallest absolute Gasteiger partial charge is 0.397 e. The number of benzene rings is 10. The zero-order chi connectivity index (χ0) is 53.6. The van der Waals surface area contributed by atoms with Crippen molar-refractivity contribution in [1.29, 1.82) is 0 Å². The predicted molar refractivity (Wildman–Crippen MR) is 322 cm³/mol. The fraction of sp³-hybridized carbons (Fsp3) is 0.0571. The first-order chi connectivity index (χ1) is 38.6. The Kier molecular flexibility index (Phi) is 12.2. The van der Waals surface area contributed by atoms with Crippen LogP contribution < -0.4 is 15.3 Å². The number of hydrogen-bond acceptors (Lipinski definition) is 6. The SMILES string of the molecule is C=C(c1cc(-c2nc3ccccc3n2-c2ccccc2)cc(-c2nc3ccc(-[n+]4nc(-c5ccc(C(C)(C)C)cc5)oc4-c4ccc(-c5ccccc5)cc4)cc3n2-c2ccccc2)c1)N(c1ccccc1)c1ccccc1N. The predicted octanol–water partition coefficient (Wildman–Crippen LogP) is 16.7. The molecule has 3 aromatic heterocycles. The van der Waals surface area contributed by atoms with E-state index in [1.54, 1.807) is 0 Å². The fourth-order valence-electron chi connectivity index (χ4n) is 10.5. The Balaban J connectivity index is 1.03. The zero-order valence-corrected chi connectivity index (χ0v) is 44.1. The first kappa shape index (κ1) is 48.3. The van der Waals surface area contributed by atoms with Crippen LogP contribution in [0.25, 0.3) is 102 Å². The molecule has 10 aromatic carbocycles. The van der Waals surface area contributed by atoms with E-state index in [1.807, 2.05) is 71.4 Å². The monoisotopic (exact) mass is 1020 g/mol. The molecule has 0 saturated carbocycles. The Labute approximate surface area is 459 Å². The van der Waals surface area contributed by atoms with Gasteiger partial charge in [0.15, 0.2) is 0 Å². The van der Waals surface area contributed by atoms with E-state index in [0.29, 0.717) is 17.5 Å². The van der Waals surface area contributed by atoms with Gasteiger partial charge in [0.05, 0.1) is 39.0 Å². The summed E-state index contributed by atoms with van der Waals surface area (Å²) in [6.07, 6.45) is 0. The summed E-state index contributed by atoms with van der Waals surface area (Å²) >= 11 is 0. The zero-order valence-electron chi connectivity index (χ0n) is 44.1. The summed E-state index contributed by atoms with van der Waals surface area (Å²) in [4.78, 5) is 13.1. The summed E-state index contributed by atoms with van der Waals surface area (Å²) < 4.78 is 13.2. The van der Waals surface area contributed by atoms with Crippen LogP contribution in [-0.2, 0) is 5.41 Å². The molecule has 2 N–H and O–H groups in total. The molecule has 0 spiro atoms. The molecule has 0 radical (unpaired) electrons. The van der Waals surface area contributed by atoms with Gasteiger partial charge in [0.1, 0.15) is 11.6 Å². The van der Waals surface area contributed by atoms with Gasteiger partial charge >= 0.3 is 5.89 Å². The van der Waals surface area contributed by atoms with Gasteiger partial charge in [-0.1, -0.05) is 161 Å². The van der Waals surface area contributed by atoms with Gasteiger partial charge in [-0.15, -0.1) is 0 Å². The van der Waals surface area contributed by atoms with E-state index in [-0.39, 0.29) is 5.41 Å². The lowest BCUT2D eigenvalue weighted by molar-refractivity contribution is -0.647. The lowest BCUT2D eigenvalue weighted by atomic mass is 9.87. The highest BCUT2D eigenvalue weighted by Crippen LogP contribution is 2.42. The summed E-state index contributed by atoms with van der Waals surface area (Å²) in [7, 11) is 0. The van der Waals surface area contributed by atoms with E-state index in [1.165, 1.54) is 5.56 Å². The van der Waals surface area contributed by atoms with Crippen molar-refractivity contribution in [3.8, 4) is 73.9 Å². The van der Waals surface area contributed by atoms with Crippen LogP contribution in [0.2, 0.25) is 0 Å². The van der Waals surface area contributed by atoms with Gasteiger partial charge in [-0.2, -0.15) is 0 Å². The maximum atomic E-state index is 6.86. The molecule has 0 aliphatic heterocycles. The van der Waals surface area contributed by atoms with Gasteiger partial charge in [-0.25, -0.2) is 9.97 Å². The Morgan fingerprint density at radius 1 is 0.494 bits per heavy atom. The molecule has 0 unspecified atom stereocenters. The second-order valence-electron chi connectivity index (χ2n) is 20.7. The number of anilines is 3. The molecule has 0 bridgehead atoms. The van der Waals surface area contributed by atoms with Crippen molar-refractivity contribution in [2.75, 3.05) is 10.6 Å². The van der Waals surface area contributed by atoms with Crippen molar-refractivity contribution in [3.05, 3.63) is 272 Å². The van der Waals surface area contributed by atoms with E-state index in [4.69, 9.17) is 31.8 Å². The van der Waals surface area contributed by atoms with Crippen molar-refractivity contribution in [1.82, 2.24) is 24.2 Å². The van der Waals surface area contributed by atoms with E-state index >= 15 is 0 Å². The van der Waals surface area contributed by atoms with Gasteiger partial charge in [0.2, 0.25) is 5.69 Å². The lowest BCUT2D eigenvalue weighted by Gasteiger charge is -2.29. The van der Waals surface area contributed by atoms with Crippen molar-refractivity contribution in [2.24, 2.45) is 0 Å². The molecular formula is C70H55N8O+. The lowest BCUT2D eigenvalue weighted by Crippen LogP contribution is -2.34. The van der Waals surface area contributed by atoms with Crippen molar-refractivity contribution in [2.45, 2.75) is 26.2 Å². The highest BCUT2D eigenvalue weighted by molar-refractivity contribution is 5.94. The first-order valence-electron chi connectivity index (χ1n) is 26.5. The largest absolute Gasteiger partial charge is 0.414 e. The Morgan fingerprint density at radius 2 is 1.01 bits per heavy atom. The van der Waals surface area contributed by atoms with E-state index in [9.17, 15) is 0 Å². The van der Waals surface area contributed by atoms with Crippen LogP contribution in [0, 0.1) is 0 Å². The van der Waals surface area contributed by atoms with Crippen molar-refractivity contribution >= 4 is 44.8 Å². The average molecular weight is 1020 g/mol. The standard InChI is InChI=1S/C70H55N8O/c1-47(75(56-23-11-6-12-24-56)63-31-19-17-29-60(63)71)52-43-53(66-72-61-30-18-20-32-64(61)76(66)57-25-13-7-14-26-57)45-54(44-52)67-73-62-42-41-59(46-65(62)77(67)58-27-15-8-16-28-58)78-69(51-35-33-49(34-36-51)48-21-9-5-10-22-48)79-68(74-78)50-37-39-55(40-38-50)70(2,3)4/h5-46H,1,71H2,2-4H3/q+1. The fourth-order valence-corrected chi connectivity index (χ4v) is 10.5. The third kappa shape index (κ3) is 9.13. The number of para-hydroxylation sites is 7. The molecule has 9 heteroatoms. The average Bonchev–Trinajstić information content (AvgIpc) is 4.36. The molecule has 79 heavy (non-hydrogen) atoms. The molecule has 0 atom stereocenters. The molecule has 0 saturated heterocycles. The van der Waals surface area contributed by atoms with Crippen LogP contribution in [0.3, 0.4) is 0 Å². The van der Waals surface area contributed by atoms with Crippen LogP contribution in [0.4, 0.5) is 17.1 Å². The molecule has 380 valence electrons. The molecule has 13 rings (SSSR count). The Morgan fingerprint density at radius 3 is 1.65 bits per heavy atom. The summed E-state index contributed by atoms with van der Waals surface area (Å²) in [5, 5.41) is 5.26. The Bertz CT molecular complexity index is 4350. The van der Waals surface area contributed by atoms with Gasteiger partial charge in [-0.05, 0) is 142 Å². The second-order valence-corrected chi connectivity index (χ2v) is 20.7. The van der Waals surface area contributed by atoms with Crippen LogP contribution in [0.5, 0.6) is 0 Å². The van der Waals surface area contributed by atoms with Crippen LogP contribution in [0.1, 0.15) is 31.9 Å². The number of aromatic nitrogens is 6. The summed E-state index contributed by atoms with van der Waals surface area (Å²) in [5.74, 6) is 2.60. The minimum absolute atomic E-state index is 0.00814. The third-order valence-corrected chi connectivity index (χ3v) is 14.5. The second kappa shape index (κ2) is 20.0. The highest BCUT2D eigenvalue weighted by Gasteiger charge is 2.30. The minimum Gasteiger partial charge on any atom is -0.397 e. The number of nitrogens with two attached hydrogens (primary N) is 1. The number of imidazole rings is 2. The molecular weight excluding hydrogens is 969 g/mol. The van der Waals surface area contributed by atoms with E-state index in [2.05, 4.69) is 223 Å². The third-order valence-electron chi connectivity index (χ3n) is 14.5. The number of rotatable bonds is 12. The number of nitrogens with zero attached hydrogens (tertiary/aromatic N) is 7. The minimum atomic E-state index is -0.00814. The molecule has 3 heterocycles. The normalized spacial score (nSPS) is 11.6. The maximum absolute atomic E-state index is 6.86. The maximum Gasteiger partial charge on any atom is 0.414 e. The van der Waals surface area contributed by atoms with Gasteiger partial charge in [0, 0.05) is 56.7 Å². The van der Waals surface area contributed by atoms with Crippen LogP contribution in [0.15, 0.2) is 266 Å². The number of hydrogen-bond donors (Lipinski definition) is 1. The molecule has 9 nitrogen and oxygen atoms in total. The summed E-state index contributed by atoms with van der Waals surface area (Å²) in [6.45, 7) is 11.5. The van der Waals surface area contributed by atoms with Crippen molar-refractivity contribution in [3.63, 3.8) is 0 Å². The number of nitrogen functional groups attached to an aromatic ring is 1. The molecule has 0 aliphatic carbocycles. The quantitative estimate of drug-likeness (QED) is 0.0968. The van der Waals surface area contributed by atoms with Gasteiger partial charge in [0.25, 0.3) is 5.89 Å². The van der Waals surface area contributed by atoms with Gasteiger partial charge in [-0.3, -0.25) is 9.13 Å². The van der Waals surface area contributed by atoms with E-state index < -0.39 is 0 Å². The topological polar surface area (TPSA) is 94.8 Å². The highest BCUT2D eigenvalue weighted by atomic mass is 16.4. The van der Waals surface area contributed by atoms with Crippen molar-refractivity contribution < 1.29 is 9.10 Å². The molecule has 0 aliphatic rings. The number of fused-ring (bicyclic) bond motifs is 2. The van der Waals surface area contributed by atoms with Crippen LogP contribution in [-0.4, -0.2) is 24.2 Å². The molecule has 13 aromatic rings. The molecule has 0 fully saturated rings. The summed E-state index contributed by atoms with van der Waals surface area (Å²) in [6, 6.07) is 87.4. The summed E-state index contributed by atoms with van der Waals surface area (Å²) in [5.41, 5.74) is 24.0. The van der Waals surface area contributed by atoms with Gasteiger partial charge < -0.3 is 15.1 Å². The first-order valence-corrected chi connectivity index (χ1v) is 26.5. The molecule has 0 amide bonds. The van der Waals surface area contributed by atoms with E-state index in [0.717, 1.165) is 107 Å². The Hall–Kier alpha value is -10.4.